The number of aromatic nitrogens is 3. The summed E-state index contributed by atoms with van der Waals surface area (Å²) in [4.78, 5) is 12.9. The van der Waals surface area contributed by atoms with Gasteiger partial charge in [0.15, 0.2) is 0 Å². The molecular weight excluding hydrogens is 360 g/mol. The van der Waals surface area contributed by atoms with Gasteiger partial charge in [-0.2, -0.15) is 15.0 Å². The second kappa shape index (κ2) is 8.70. The SMILES string of the molecule is C[C@@H]1CC[C@@H](n2ncc(C(C)(O)CCCOc3ccccc3C(=O)O)n2)CN1. The molecule has 0 amide bonds. The second-order valence-electron chi connectivity index (χ2n) is 7.62. The summed E-state index contributed by atoms with van der Waals surface area (Å²) in [6.07, 6.45) is 4.70. The van der Waals surface area contributed by atoms with E-state index in [1.165, 1.54) is 6.07 Å². The van der Waals surface area contributed by atoms with Gasteiger partial charge in [-0.15, -0.1) is 0 Å². The van der Waals surface area contributed by atoms with Crippen LogP contribution in [-0.4, -0.2) is 50.4 Å². The zero-order valence-corrected chi connectivity index (χ0v) is 16.3. The number of ether oxygens (including phenoxy) is 1. The zero-order chi connectivity index (χ0) is 20.1. The van der Waals surface area contributed by atoms with Gasteiger partial charge < -0.3 is 20.3 Å². The first-order chi connectivity index (χ1) is 13.4. The molecule has 0 radical (unpaired) electrons. The number of carboxylic acids is 1. The molecule has 28 heavy (non-hydrogen) atoms. The van der Waals surface area contributed by atoms with Crippen molar-refractivity contribution in [1.29, 1.82) is 0 Å². The minimum Gasteiger partial charge on any atom is -0.493 e. The summed E-state index contributed by atoms with van der Waals surface area (Å²) in [5.74, 6) is -0.689. The third-order valence-corrected chi connectivity index (χ3v) is 5.20. The predicted molar refractivity (Wildman–Crippen MR) is 103 cm³/mol. The van der Waals surface area contributed by atoms with Crippen molar-refractivity contribution in [3.63, 3.8) is 0 Å². The number of nitrogens with one attached hydrogen (secondary N) is 1. The van der Waals surface area contributed by atoms with Crippen LogP contribution in [0.15, 0.2) is 30.5 Å². The van der Waals surface area contributed by atoms with Crippen molar-refractivity contribution in [3.8, 4) is 5.75 Å². The van der Waals surface area contributed by atoms with Crippen LogP contribution in [0.5, 0.6) is 5.75 Å². The van der Waals surface area contributed by atoms with E-state index in [1.54, 1.807) is 36.1 Å². The van der Waals surface area contributed by atoms with Crippen LogP contribution >= 0.6 is 0 Å². The molecule has 1 aliphatic rings. The molecule has 3 N–H and O–H groups in total. The highest BCUT2D eigenvalue weighted by Crippen LogP contribution is 2.26. The first-order valence-corrected chi connectivity index (χ1v) is 9.70. The van der Waals surface area contributed by atoms with E-state index in [9.17, 15) is 15.0 Å². The summed E-state index contributed by atoms with van der Waals surface area (Å²) >= 11 is 0. The molecular formula is C20H28N4O4. The third kappa shape index (κ3) is 4.88. The van der Waals surface area contributed by atoms with Gasteiger partial charge >= 0.3 is 5.97 Å². The van der Waals surface area contributed by atoms with Crippen molar-refractivity contribution in [2.45, 2.75) is 57.2 Å². The lowest BCUT2D eigenvalue weighted by Crippen LogP contribution is -2.38. The third-order valence-electron chi connectivity index (χ3n) is 5.20. The Labute approximate surface area is 164 Å². The van der Waals surface area contributed by atoms with E-state index in [1.807, 2.05) is 0 Å². The van der Waals surface area contributed by atoms with Gasteiger partial charge in [0.05, 0.1) is 18.8 Å². The summed E-state index contributed by atoms with van der Waals surface area (Å²) in [5, 5.41) is 32.3. The molecule has 1 fully saturated rings. The van der Waals surface area contributed by atoms with Crippen LogP contribution in [0, 0.1) is 0 Å². The van der Waals surface area contributed by atoms with Crippen LogP contribution in [-0.2, 0) is 5.60 Å². The maximum atomic E-state index is 11.2. The van der Waals surface area contributed by atoms with Crippen LogP contribution in [0.4, 0.5) is 0 Å². The standard InChI is InChI=1S/C20H28N4O4/c1-14-8-9-15(12-21-14)24-22-13-18(23-24)20(2,27)10-5-11-28-17-7-4-3-6-16(17)19(25)26/h3-4,6-7,13-15,21,27H,5,8-12H2,1-2H3,(H,25,26)/t14-,15-,20?/m1/s1. The van der Waals surface area contributed by atoms with Crippen LogP contribution in [0.2, 0.25) is 0 Å². The first kappa shape index (κ1) is 20.3. The summed E-state index contributed by atoms with van der Waals surface area (Å²) in [6.45, 7) is 5.01. The van der Waals surface area contributed by atoms with E-state index >= 15 is 0 Å². The Kier molecular flexibility index (Phi) is 6.31. The topological polar surface area (TPSA) is 110 Å². The lowest BCUT2D eigenvalue weighted by atomic mass is 9.97. The molecule has 1 saturated heterocycles. The largest absolute Gasteiger partial charge is 0.493 e. The molecule has 0 aliphatic carbocycles. The minimum atomic E-state index is -1.12. The highest BCUT2D eigenvalue weighted by molar-refractivity contribution is 5.90. The number of rotatable bonds is 8. The number of aliphatic hydroxyl groups is 1. The molecule has 2 aromatic rings. The maximum Gasteiger partial charge on any atom is 0.339 e. The number of hydrogen-bond acceptors (Lipinski definition) is 6. The molecule has 0 spiro atoms. The van der Waals surface area contributed by atoms with Crippen molar-refractivity contribution in [3.05, 3.63) is 41.7 Å². The Morgan fingerprint density at radius 2 is 2.18 bits per heavy atom. The Bertz CT molecular complexity index is 797. The van der Waals surface area contributed by atoms with Gasteiger partial charge in [-0.1, -0.05) is 12.1 Å². The number of hydrogen-bond donors (Lipinski definition) is 3. The van der Waals surface area contributed by atoms with E-state index in [2.05, 4.69) is 22.4 Å². The van der Waals surface area contributed by atoms with E-state index in [4.69, 9.17) is 4.74 Å². The Morgan fingerprint density at radius 1 is 1.39 bits per heavy atom. The first-order valence-electron chi connectivity index (χ1n) is 9.70. The molecule has 8 nitrogen and oxygen atoms in total. The lowest BCUT2D eigenvalue weighted by Gasteiger charge is -2.27. The van der Waals surface area contributed by atoms with Crippen LogP contribution in [0.25, 0.3) is 0 Å². The summed E-state index contributed by atoms with van der Waals surface area (Å²) in [6, 6.07) is 7.25. The normalized spacial score (nSPS) is 21.8. The number of aromatic carboxylic acids is 1. The molecule has 0 saturated carbocycles. The molecule has 1 aliphatic heterocycles. The fourth-order valence-corrected chi connectivity index (χ4v) is 3.38. The zero-order valence-electron chi connectivity index (χ0n) is 16.3. The van der Waals surface area contributed by atoms with Gasteiger partial charge in [0.2, 0.25) is 0 Å². The van der Waals surface area contributed by atoms with Crippen molar-refractivity contribution >= 4 is 5.97 Å². The van der Waals surface area contributed by atoms with E-state index in [0.29, 0.717) is 36.9 Å². The number of nitrogens with zero attached hydrogens (tertiary/aromatic N) is 3. The van der Waals surface area contributed by atoms with Crippen molar-refractivity contribution < 1.29 is 19.7 Å². The monoisotopic (exact) mass is 388 g/mol. The van der Waals surface area contributed by atoms with E-state index in [-0.39, 0.29) is 11.6 Å². The number of carboxylic acid groups (broad SMARTS) is 1. The number of carbonyl (C=O) groups is 1. The molecule has 152 valence electrons. The summed E-state index contributed by atoms with van der Waals surface area (Å²) in [5.41, 5.74) is -0.451. The Balaban J connectivity index is 1.52. The average molecular weight is 388 g/mol. The van der Waals surface area contributed by atoms with Crippen molar-refractivity contribution in [2.24, 2.45) is 0 Å². The van der Waals surface area contributed by atoms with Gasteiger partial charge in [0.1, 0.15) is 22.6 Å². The van der Waals surface area contributed by atoms with Crippen LogP contribution < -0.4 is 10.1 Å². The number of piperidine rings is 1. The summed E-state index contributed by atoms with van der Waals surface area (Å²) < 4.78 is 5.60. The number of benzene rings is 1. The van der Waals surface area contributed by atoms with E-state index < -0.39 is 11.6 Å². The van der Waals surface area contributed by atoms with Gasteiger partial charge in [-0.3, -0.25) is 0 Å². The molecule has 8 heteroatoms. The Morgan fingerprint density at radius 3 is 2.89 bits per heavy atom. The molecule has 1 unspecified atom stereocenters. The lowest BCUT2D eigenvalue weighted by molar-refractivity contribution is 0.0360. The van der Waals surface area contributed by atoms with Crippen molar-refractivity contribution in [2.75, 3.05) is 13.2 Å². The maximum absolute atomic E-state index is 11.2. The molecule has 1 aromatic carbocycles. The van der Waals surface area contributed by atoms with Gasteiger partial charge in [-0.25, -0.2) is 4.79 Å². The molecule has 0 bridgehead atoms. The van der Waals surface area contributed by atoms with Gasteiger partial charge in [0, 0.05) is 12.6 Å². The fraction of sp³-hybridized carbons (Fsp3) is 0.550. The Hall–Kier alpha value is -2.45. The fourth-order valence-electron chi connectivity index (χ4n) is 3.38. The molecule has 3 atom stereocenters. The quantitative estimate of drug-likeness (QED) is 0.596. The molecule has 3 rings (SSSR count). The highest BCUT2D eigenvalue weighted by Gasteiger charge is 2.28. The van der Waals surface area contributed by atoms with Crippen molar-refractivity contribution in [1.82, 2.24) is 20.3 Å². The second-order valence-corrected chi connectivity index (χ2v) is 7.62. The highest BCUT2D eigenvalue weighted by atomic mass is 16.5. The number of para-hydroxylation sites is 1. The minimum absolute atomic E-state index is 0.132. The molecule has 2 heterocycles. The van der Waals surface area contributed by atoms with Gasteiger partial charge in [0.25, 0.3) is 0 Å². The summed E-state index contributed by atoms with van der Waals surface area (Å²) in [7, 11) is 0. The van der Waals surface area contributed by atoms with Crippen LogP contribution in [0.3, 0.4) is 0 Å². The van der Waals surface area contributed by atoms with E-state index in [0.717, 1.165) is 19.4 Å². The molecule has 1 aromatic heterocycles. The average Bonchev–Trinajstić information content (AvgIpc) is 3.17. The van der Waals surface area contributed by atoms with Crippen LogP contribution in [0.1, 0.15) is 61.6 Å². The van der Waals surface area contributed by atoms with Gasteiger partial charge in [-0.05, 0) is 51.7 Å². The smallest absolute Gasteiger partial charge is 0.339 e. The predicted octanol–water partition coefficient (Wildman–Crippen LogP) is 2.36.